The van der Waals surface area contributed by atoms with Gasteiger partial charge in [-0.05, 0) is 37.5 Å². The smallest absolute Gasteiger partial charge is 0.220 e. The molecule has 25 heavy (non-hydrogen) atoms. The van der Waals surface area contributed by atoms with Crippen LogP contribution in [0.2, 0.25) is 0 Å². The Balaban J connectivity index is 1.75. The molecule has 0 bridgehead atoms. The van der Waals surface area contributed by atoms with Crippen LogP contribution in [0.4, 0.5) is 5.69 Å². The van der Waals surface area contributed by atoms with Gasteiger partial charge in [-0.2, -0.15) is 0 Å². The highest BCUT2D eigenvalue weighted by Crippen LogP contribution is 2.38. The van der Waals surface area contributed by atoms with Crippen LogP contribution in [0.15, 0.2) is 34.5 Å². The van der Waals surface area contributed by atoms with Gasteiger partial charge in [0.1, 0.15) is 0 Å². The largest absolute Gasteiger partial charge is 0.493 e. The normalized spacial score (nSPS) is 17.6. The lowest BCUT2D eigenvalue weighted by Crippen LogP contribution is -2.29. The summed E-state index contributed by atoms with van der Waals surface area (Å²) in [4.78, 5) is 0. The van der Waals surface area contributed by atoms with Crippen molar-refractivity contribution in [3.05, 3.63) is 24.3 Å². The predicted molar refractivity (Wildman–Crippen MR) is 103 cm³/mol. The van der Waals surface area contributed by atoms with Gasteiger partial charge in [0, 0.05) is 25.1 Å². The van der Waals surface area contributed by atoms with Gasteiger partial charge in [-0.25, -0.2) is 0 Å². The fourth-order valence-corrected chi connectivity index (χ4v) is 3.17. The number of rotatable bonds is 6. The van der Waals surface area contributed by atoms with Gasteiger partial charge in [-0.15, -0.1) is 10.2 Å². The van der Waals surface area contributed by atoms with Crippen molar-refractivity contribution < 1.29 is 9.84 Å². The minimum atomic E-state index is 0.139. The van der Waals surface area contributed by atoms with Crippen molar-refractivity contribution in [1.82, 2.24) is 9.88 Å². The molecule has 1 saturated heterocycles. The number of para-hydroxylation sites is 1. The van der Waals surface area contributed by atoms with Gasteiger partial charge in [0.05, 0.1) is 11.6 Å². The second-order valence-electron chi connectivity index (χ2n) is 6.22. The number of aromatic hydroxyl groups is 1. The Bertz CT molecular complexity index is 766. The summed E-state index contributed by atoms with van der Waals surface area (Å²) < 4.78 is 7.43. The standard InChI is InChI=1S/C18H24N4O2S/c1-2-3-10-22-15-9-5-4-8-14(15)16(17(22)23)20-21-18(25)19-12-13-7-6-11-24-13/h4-5,8-9,13,23H,2-3,6-7,10-12H2,1H3,(H,19,25). The van der Waals surface area contributed by atoms with E-state index in [1.807, 2.05) is 28.8 Å². The highest BCUT2D eigenvalue weighted by atomic mass is 32.1. The SMILES string of the molecule is CCCCn1c(O)c(N=NC(=S)NCC2CCCO2)c2ccccc21. The van der Waals surface area contributed by atoms with Gasteiger partial charge < -0.3 is 19.7 Å². The lowest BCUT2D eigenvalue weighted by Gasteiger charge is -2.09. The first-order valence-corrected chi connectivity index (χ1v) is 9.23. The Hall–Kier alpha value is -1.99. The predicted octanol–water partition coefficient (Wildman–Crippen LogP) is 4.28. The molecule has 1 fully saturated rings. The third-order valence-electron chi connectivity index (χ3n) is 4.40. The molecule has 0 aliphatic carbocycles. The first-order valence-electron chi connectivity index (χ1n) is 8.82. The second kappa shape index (κ2) is 8.40. The van der Waals surface area contributed by atoms with Crippen molar-refractivity contribution in [3.8, 4) is 5.88 Å². The quantitative estimate of drug-likeness (QED) is 0.596. The molecule has 7 heteroatoms. The fourth-order valence-electron chi connectivity index (χ4n) is 3.05. The van der Waals surface area contributed by atoms with Gasteiger partial charge in [-0.1, -0.05) is 31.5 Å². The molecule has 0 radical (unpaired) electrons. The molecule has 0 amide bonds. The number of azo groups is 1. The summed E-state index contributed by atoms with van der Waals surface area (Å²) in [5, 5.41) is 23.1. The zero-order valence-corrected chi connectivity index (χ0v) is 15.3. The van der Waals surface area contributed by atoms with Gasteiger partial charge in [0.25, 0.3) is 0 Å². The Morgan fingerprint density at radius 1 is 1.44 bits per heavy atom. The van der Waals surface area contributed by atoms with Crippen LogP contribution in [-0.4, -0.2) is 34.0 Å². The first kappa shape index (κ1) is 17.8. The molecular formula is C18H24N4O2S. The third kappa shape index (κ3) is 4.16. The fraction of sp³-hybridized carbons (Fsp3) is 0.500. The summed E-state index contributed by atoms with van der Waals surface area (Å²) in [6.07, 6.45) is 4.37. The molecule has 1 atom stereocenters. The molecule has 1 aliphatic heterocycles. The van der Waals surface area contributed by atoms with Crippen LogP contribution in [0.5, 0.6) is 5.88 Å². The summed E-state index contributed by atoms with van der Waals surface area (Å²) in [5.74, 6) is 0.139. The second-order valence-corrected chi connectivity index (χ2v) is 6.60. The van der Waals surface area contributed by atoms with E-state index in [4.69, 9.17) is 17.0 Å². The molecule has 134 valence electrons. The number of aryl methyl sites for hydroxylation is 1. The first-order chi connectivity index (χ1) is 12.2. The zero-order valence-electron chi connectivity index (χ0n) is 14.4. The van der Waals surface area contributed by atoms with Crippen molar-refractivity contribution in [2.24, 2.45) is 10.2 Å². The molecule has 0 spiro atoms. The highest BCUT2D eigenvalue weighted by molar-refractivity contribution is 7.80. The summed E-state index contributed by atoms with van der Waals surface area (Å²) in [7, 11) is 0. The van der Waals surface area contributed by atoms with Crippen LogP contribution in [0.1, 0.15) is 32.6 Å². The van der Waals surface area contributed by atoms with E-state index in [0.29, 0.717) is 17.3 Å². The van der Waals surface area contributed by atoms with Crippen LogP contribution < -0.4 is 5.32 Å². The van der Waals surface area contributed by atoms with Crippen molar-refractivity contribution >= 4 is 33.9 Å². The minimum absolute atomic E-state index is 0.139. The van der Waals surface area contributed by atoms with E-state index in [0.717, 1.165) is 49.7 Å². The van der Waals surface area contributed by atoms with Crippen LogP contribution in [0, 0.1) is 0 Å². The maximum atomic E-state index is 10.6. The summed E-state index contributed by atoms with van der Waals surface area (Å²) in [5.41, 5.74) is 1.42. The molecule has 2 aromatic rings. The van der Waals surface area contributed by atoms with Crippen LogP contribution in [0.3, 0.4) is 0 Å². The maximum Gasteiger partial charge on any atom is 0.220 e. The molecule has 0 saturated carbocycles. The van der Waals surface area contributed by atoms with E-state index in [1.54, 1.807) is 0 Å². The highest BCUT2D eigenvalue weighted by Gasteiger charge is 2.17. The van der Waals surface area contributed by atoms with Gasteiger partial charge in [0.2, 0.25) is 11.0 Å². The molecule has 6 nitrogen and oxygen atoms in total. The van der Waals surface area contributed by atoms with Crippen LogP contribution in [0.25, 0.3) is 10.9 Å². The van der Waals surface area contributed by atoms with Crippen LogP contribution >= 0.6 is 12.2 Å². The molecule has 2 N–H and O–H groups in total. The van der Waals surface area contributed by atoms with E-state index in [1.165, 1.54) is 0 Å². The van der Waals surface area contributed by atoms with Crippen molar-refractivity contribution in [1.29, 1.82) is 0 Å². The van der Waals surface area contributed by atoms with Crippen LogP contribution in [-0.2, 0) is 11.3 Å². The average molecular weight is 360 g/mol. The van der Waals surface area contributed by atoms with Gasteiger partial charge >= 0.3 is 0 Å². The topological polar surface area (TPSA) is 71.1 Å². The number of benzene rings is 1. The van der Waals surface area contributed by atoms with Crippen molar-refractivity contribution in [3.63, 3.8) is 0 Å². The molecule has 1 aliphatic rings. The molecule has 2 heterocycles. The van der Waals surface area contributed by atoms with E-state index < -0.39 is 0 Å². The zero-order chi connectivity index (χ0) is 17.6. The lowest BCUT2D eigenvalue weighted by atomic mass is 10.2. The Morgan fingerprint density at radius 2 is 2.28 bits per heavy atom. The Labute approximate surface area is 152 Å². The number of thiocarbonyl (C=S) groups is 1. The number of aromatic nitrogens is 1. The molecule has 1 aromatic heterocycles. The van der Waals surface area contributed by atoms with E-state index in [-0.39, 0.29) is 12.0 Å². The summed E-state index contributed by atoms with van der Waals surface area (Å²) >= 11 is 5.22. The molecule has 1 unspecified atom stereocenters. The van der Waals surface area contributed by atoms with E-state index >= 15 is 0 Å². The van der Waals surface area contributed by atoms with Crippen molar-refractivity contribution in [2.45, 2.75) is 45.3 Å². The molecule has 3 rings (SSSR count). The van der Waals surface area contributed by atoms with E-state index in [2.05, 4.69) is 22.5 Å². The number of fused-ring (bicyclic) bond motifs is 1. The Kier molecular flexibility index (Phi) is 5.99. The molecular weight excluding hydrogens is 336 g/mol. The number of ether oxygens (including phenoxy) is 1. The maximum absolute atomic E-state index is 10.6. The van der Waals surface area contributed by atoms with Gasteiger partial charge in [0.15, 0.2) is 5.69 Å². The van der Waals surface area contributed by atoms with Crippen molar-refractivity contribution in [2.75, 3.05) is 13.2 Å². The number of nitrogens with one attached hydrogen (secondary N) is 1. The van der Waals surface area contributed by atoms with E-state index in [9.17, 15) is 5.11 Å². The lowest BCUT2D eigenvalue weighted by molar-refractivity contribution is 0.114. The Morgan fingerprint density at radius 3 is 3.04 bits per heavy atom. The monoisotopic (exact) mass is 360 g/mol. The number of unbranched alkanes of at least 4 members (excludes halogenated alkanes) is 1. The average Bonchev–Trinajstić information content (AvgIpc) is 3.23. The number of nitrogens with zero attached hydrogens (tertiary/aromatic N) is 3. The van der Waals surface area contributed by atoms with Gasteiger partial charge in [-0.3, -0.25) is 0 Å². The minimum Gasteiger partial charge on any atom is -0.493 e. The number of hydrogen-bond acceptors (Lipinski definition) is 4. The summed E-state index contributed by atoms with van der Waals surface area (Å²) in [6, 6.07) is 7.81. The third-order valence-corrected chi connectivity index (χ3v) is 4.62. The molecule has 1 aromatic carbocycles. The number of hydrogen-bond donors (Lipinski definition) is 2. The summed E-state index contributed by atoms with van der Waals surface area (Å²) in [6.45, 7) is 4.33.